The summed E-state index contributed by atoms with van der Waals surface area (Å²) in [5.41, 5.74) is 1.57. The van der Waals surface area contributed by atoms with Crippen LogP contribution in [0, 0.1) is 11.3 Å². The molecule has 0 amide bonds. The van der Waals surface area contributed by atoms with Crippen molar-refractivity contribution >= 4 is 0 Å². The third kappa shape index (κ3) is 1.78. The summed E-state index contributed by atoms with van der Waals surface area (Å²) in [6.45, 7) is 0. The molecule has 2 heterocycles. The largest absolute Gasteiger partial charge is 0.453 e. The van der Waals surface area contributed by atoms with Crippen LogP contribution in [0.1, 0.15) is 5.56 Å². The second kappa shape index (κ2) is 4.22. The molecule has 0 aliphatic rings. The number of hydrogen-bond donors (Lipinski definition) is 1. The van der Waals surface area contributed by atoms with Gasteiger partial charge in [-0.25, -0.2) is 4.98 Å². The molecule has 3 aromatic rings. The van der Waals surface area contributed by atoms with Gasteiger partial charge in [-0.05, 0) is 36.4 Å². The van der Waals surface area contributed by atoms with E-state index >= 15 is 0 Å². The second-order valence-corrected chi connectivity index (χ2v) is 3.79. The molecule has 0 saturated heterocycles. The van der Waals surface area contributed by atoms with Crippen LogP contribution < -0.4 is 0 Å². The molecule has 0 aliphatic carbocycles. The van der Waals surface area contributed by atoms with E-state index in [1.165, 1.54) is 0 Å². The van der Waals surface area contributed by atoms with Crippen LogP contribution in [0.2, 0.25) is 0 Å². The van der Waals surface area contributed by atoms with Crippen molar-refractivity contribution in [2.24, 2.45) is 0 Å². The van der Waals surface area contributed by atoms with Gasteiger partial charge in [0.25, 0.3) is 0 Å². The summed E-state index contributed by atoms with van der Waals surface area (Å²) in [6.07, 6.45) is 3.43. The van der Waals surface area contributed by atoms with Gasteiger partial charge in [0.05, 0.1) is 11.6 Å². The zero-order chi connectivity index (χ0) is 12.4. The average molecular weight is 235 g/mol. The molecule has 2 aromatic heterocycles. The Morgan fingerprint density at radius 2 is 1.83 bits per heavy atom. The Bertz CT molecular complexity index is 687. The molecule has 0 aliphatic heterocycles. The molecule has 1 aromatic carbocycles. The van der Waals surface area contributed by atoms with Crippen molar-refractivity contribution in [3.8, 4) is 29.0 Å². The van der Waals surface area contributed by atoms with E-state index in [9.17, 15) is 0 Å². The van der Waals surface area contributed by atoms with Gasteiger partial charge in [-0.1, -0.05) is 0 Å². The minimum absolute atomic E-state index is 0.636. The van der Waals surface area contributed by atoms with Crippen LogP contribution >= 0.6 is 0 Å². The fourth-order valence-corrected chi connectivity index (χ4v) is 1.73. The second-order valence-electron chi connectivity index (χ2n) is 3.79. The lowest BCUT2D eigenvalue weighted by molar-refractivity contribution is 0.593. The molecule has 86 valence electrons. The number of hydrogen-bond acceptors (Lipinski definition) is 3. The third-order valence-electron chi connectivity index (χ3n) is 2.64. The fourth-order valence-electron chi connectivity index (χ4n) is 1.73. The van der Waals surface area contributed by atoms with Crippen LogP contribution in [0.15, 0.2) is 53.2 Å². The lowest BCUT2D eigenvalue weighted by atomic mass is 10.1. The van der Waals surface area contributed by atoms with Gasteiger partial charge in [0, 0.05) is 18.0 Å². The molecule has 0 bridgehead atoms. The lowest BCUT2D eigenvalue weighted by Crippen LogP contribution is -1.77. The zero-order valence-corrected chi connectivity index (χ0v) is 9.42. The summed E-state index contributed by atoms with van der Waals surface area (Å²) < 4.78 is 5.71. The first-order chi connectivity index (χ1) is 8.86. The summed E-state index contributed by atoms with van der Waals surface area (Å²) in [4.78, 5) is 7.12. The van der Waals surface area contributed by atoms with Crippen molar-refractivity contribution in [3.63, 3.8) is 0 Å². The summed E-state index contributed by atoms with van der Waals surface area (Å²) in [6, 6.07) is 13.1. The molecule has 3 rings (SSSR count). The predicted octanol–water partition coefficient (Wildman–Crippen LogP) is 3.21. The number of furan rings is 1. The first kappa shape index (κ1) is 10.4. The average Bonchev–Trinajstić information content (AvgIpc) is 3.09. The Morgan fingerprint density at radius 3 is 2.50 bits per heavy atom. The van der Waals surface area contributed by atoms with Gasteiger partial charge >= 0.3 is 0 Å². The van der Waals surface area contributed by atoms with Crippen molar-refractivity contribution in [3.05, 3.63) is 54.4 Å². The highest BCUT2D eigenvalue weighted by Crippen LogP contribution is 2.26. The third-order valence-corrected chi connectivity index (χ3v) is 2.64. The molecule has 0 atom stereocenters. The number of rotatable bonds is 2. The van der Waals surface area contributed by atoms with Gasteiger partial charge in [0.15, 0.2) is 11.6 Å². The number of H-pyrrole nitrogens is 1. The number of nitrogens with one attached hydrogen (secondary N) is 1. The Kier molecular flexibility index (Phi) is 2.43. The van der Waals surface area contributed by atoms with Crippen LogP contribution in [0.25, 0.3) is 22.9 Å². The minimum Gasteiger partial charge on any atom is -0.453 e. The van der Waals surface area contributed by atoms with Crippen molar-refractivity contribution < 1.29 is 4.42 Å². The number of nitriles is 1. The summed E-state index contributed by atoms with van der Waals surface area (Å²) in [7, 11) is 0. The molecule has 4 nitrogen and oxygen atoms in total. The quantitative estimate of drug-likeness (QED) is 0.741. The Balaban J connectivity index is 1.95. The van der Waals surface area contributed by atoms with E-state index < -0.39 is 0 Å². The lowest BCUT2D eigenvalue weighted by Gasteiger charge is -1.96. The number of benzene rings is 1. The monoisotopic (exact) mass is 235 g/mol. The van der Waals surface area contributed by atoms with Crippen LogP contribution in [-0.2, 0) is 0 Å². The predicted molar refractivity (Wildman–Crippen MR) is 66.4 cm³/mol. The van der Waals surface area contributed by atoms with Crippen LogP contribution in [-0.4, -0.2) is 9.97 Å². The minimum atomic E-state index is 0.636. The normalized spacial score (nSPS) is 10.2. The number of nitrogens with zero attached hydrogens (tertiary/aromatic N) is 2. The molecular weight excluding hydrogens is 226 g/mol. The zero-order valence-electron chi connectivity index (χ0n) is 9.42. The molecule has 0 radical (unpaired) electrons. The number of aromatic amines is 1. The fraction of sp³-hybridized carbons (Fsp3) is 0. The van der Waals surface area contributed by atoms with Crippen LogP contribution in [0.3, 0.4) is 0 Å². The number of aromatic nitrogens is 2. The first-order valence-corrected chi connectivity index (χ1v) is 5.47. The molecular formula is C14H9N3O. The van der Waals surface area contributed by atoms with E-state index in [1.807, 2.05) is 24.3 Å². The van der Waals surface area contributed by atoms with E-state index in [1.54, 1.807) is 24.5 Å². The maximum atomic E-state index is 8.74. The van der Waals surface area contributed by atoms with E-state index in [4.69, 9.17) is 9.68 Å². The first-order valence-electron chi connectivity index (χ1n) is 5.47. The van der Waals surface area contributed by atoms with Gasteiger partial charge < -0.3 is 9.40 Å². The molecule has 0 spiro atoms. The maximum absolute atomic E-state index is 8.74. The van der Waals surface area contributed by atoms with E-state index in [0.717, 1.165) is 11.3 Å². The molecule has 0 unspecified atom stereocenters. The van der Waals surface area contributed by atoms with Crippen molar-refractivity contribution in [2.75, 3.05) is 0 Å². The van der Waals surface area contributed by atoms with Gasteiger partial charge in [0.2, 0.25) is 0 Å². The van der Waals surface area contributed by atoms with Gasteiger partial charge in [0.1, 0.15) is 5.76 Å². The molecule has 0 fully saturated rings. The summed E-state index contributed by atoms with van der Waals surface area (Å²) >= 11 is 0. The Morgan fingerprint density at radius 1 is 1.06 bits per heavy atom. The Labute approximate surface area is 104 Å². The van der Waals surface area contributed by atoms with Crippen molar-refractivity contribution in [2.45, 2.75) is 0 Å². The topological polar surface area (TPSA) is 65.6 Å². The highest BCUT2D eigenvalue weighted by atomic mass is 16.3. The SMILES string of the molecule is N#Cc1ccc(-c2ccc(-c3ncc[nH]3)o2)cc1. The van der Waals surface area contributed by atoms with E-state index in [-0.39, 0.29) is 0 Å². The van der Waals surface area contributed by atoms with Gasteiger partial charge in [-0.2, -0.15) is 5.26 Å². The van der Waals surface area contributed by atoms with Gasteiger partial charge in [-0.15, -0.1) is 0 Å². The highest BCUT2D eigenvalue weighted by molar-refractivity contribution is 5.62. The van der Waals surface area contributed by atoms with Crippen molar-refractivity contribution in [1.29, 1.82) is 5.26 Å². The van der Waals surface area contributed by atoms with Gasteiger partial charge in [-0.3, -0.25) is 0 Å². The summed E-state index contributed by atoms with van der Waals surface area (Å²) in [5.74, 6) is 2.15. The summed E-state index contributed by atoms with van der Waals surface area (Å²) in [5, 5.41) is 8.74. The molecule has 1 N–H and O–H groups in total. The van der Waals surface area contributed by atoms with E-state index in [0.29, 0.717) is 17.1 Å². The molecule has 4 heteroatoms. The molecule has 0 saturated carbocycles. The maximum Gasteiger partial charge on any atom is 0.173 e. The van der Waals surface area contributed by atoms with Crippen molar-refractivity contribution in [1.82, 2.24) is 9.97 Å². The van der Waals surface area contributed by atoms with E-state index in [2.05, 4.69) is 16.0 Å². The number of imidazole rings is 1. The Hall–Kier alpha value is -2.80. The van der Waals surface area contributed by atoms with Crippen LogP contribution in [0.4, 0.5) is 0 Å². The smallest absolute Gasteiger partial charge is 0.173 e. The standard InChI is InChI=1S/C14H9N3O/c15-9-10-1-3-11(4-2-10)12-5-6-13(18-12)14-16-7-8-17-14/h1-8H,(H,16,17). The molecule has 18 heavy (non-hydrogen) atoms. The highest BCUT2D eigenvalue weighted by Gasteiger charge is 2.08. The van der Waals surface area contributed by atoms with Crippen LogP contribution in [0.5, 0.6) is 0 Å².